The maximum atomic E-state index is 9.87. The van der Waals surface area contributed by atoms with Gasteiger partial charge < -0.3 is 4.48 Å². The van der Waals surface area contributed by atoms with Gasteiger partial charge in [0, 0.05) is 12.8 Å². The van der Waals surface area contributed by atoms with Gasteiger partial charge in [0.05, 0.1) is 20.1 Å². The van der Waals surface area contributed by atoms with Crippen LogP contribution in [0.2, 0.25) is 0 Å². The number of hydrogen-bond donors (Lipinski definition) is 0. The summed E-state index contributed by atoms with van der Waals surface area (Å²) in [6.45, 7) is 5.10. The third-order valence-corrected chi connectivity index (χ3v) is 3.79. The summed E-state index contributed by atoms with van der Waals surface area (Å²) in [6.07, 6.45) is 2.87. The van der Waals surface area contributed by atoms with Crippen LogP contribution in [0.15, 0.2) is 0 Å². The summed E-state index contributed by atoms with van der Waals surface area (Å²) in [5, 5.41) is 0. The van der Waals surface area contributed by atoms with Gasteiger partial charge in [-0.25, -0.2) is 0 Å². The maximum absolute atomic E-state index is 10.7. The monoisotopic (exact) mass is 385 g/mol. The van der Waals surface area contributed by atoms with Crippen LogP contribution in [0.1, 0.15) is 19.8 Å². The Bertz CT molecular complexity index is 229. The van der Waals surface area contributed by atoms with Gasteiger partial charge in [0.25, 0.3) is 0 Å². The molecule has 0 N–H and O–H groups in total. The van der Waals surface area contributed by atoms with Gasteiger partial charge in [-0.3, -0.25) is 0 Å². The fourth-order valence-electron chi connectivity index (χ4n) is 1.41. The molecule has 0 saturated carbocycles. The zero-order valence-electron chi connectivity index (χ0n) is 8.95. The summed E-state index contributed by atoms with van der Waals surface area (Å²) >= 11 is 2.53. The first-order chi connectivity index (χ1) is 6.60. The molecule has 16 heavy (non-hydrogen) atoms. The van der Waals surface area contributed by atoms with Gasteiger partial charge >= 0.3 is 33.0 Å². The Hall–Kier alpha value is 0.700. The zero-order valence-corrected chi connectivity index (χ0v) is 12.0. The Morgan fingerprint density at radius 1 is 1.00 bits per heavy atom. The molecule has 1 aliphatic heterocycles. The number of hydrogen-bond acceptors (Lipinski definition) is 0. The van der Waals surface area contributed by atoms with Crippen molar-refractivity contribution in [2.24, 2.45) is 0 Å². The molecule has 1 heterocycles. The summed E-state index contributed by atoms with van der Waals surface area (Å²) in [7, 11) is -8.29. The third kappa shape index (κ3) is 11.2. The molecule has 102 valence electrons. The van der Waals surface area contributed by atoms with Crippen LogP contribution in [0.5, 0.6) is 0 Å². The van der Waals surface area contributed by atoms with E-state index in [4.69, 9.17) is 0 Å². The molecule has 1 fully saturated rings. The van der Waals surface area contributed by atoms with Crippen molar-refractivity contribution in [1.29, 1.82) is 0 Å². The first-order valence-electron chi connectivity index (χ1n) is 4.65. The van der Waals surface area contributed by atoms with Crippen LogP contribution in [0.25, 0.3) is 0 Å². The molecule has 0 aliphatic carbocycles. The predicted molar refractivity (Wildman–Crippen MR) is 62.2 cm³/mol. The summed E-state index contributed by atoms with van der Waals surface area (Å²) in [6, 6.07) is 0. The Labute approximate surface area is 104 Å². The number of quaternary nitrogens is 1. The van der Waals surface area contributed by atoms with Crippen molar-refractivity contribution < 1.29 is 29.7 Å². The van der Waals surface area contributed by atoms with Crippen molar-refractivity contribution in [2.75, 3.05) is 20.1 Å². The molecular weight excluding hydrogens is 370 g/mol. The number of likely N-dealkylation sites (tertiary alicyclic amines) is 1. The van der Waals surface area contributed by atoms with Crippen LogP contribution in [-0.4, -0.2) is 28.7 Å². The minimum absolute atomic E-state index is 0.796. The third-order valence-electron chi connectivity index (χ3n) is 2.45. The van der Waals surface area contributed by atoms with Gasteiger partial charge in [-0.1, -0.05) is 0 Å². The van der Waals surface area contributed by atoms with E-state index in [1.54, 1.807) is 0 Å². The second kappa shape index (κ2) is 4.12. The van der Waals surface area contributed by atoms with Crippen LogP contribution in [0, 0.1) is 0 Å². The SMILES string of the molecule is CC(I)[N+]1(C)CCCC1.F[P-](F)(F)(F)(F)F. The van der Waals surface area contributed by atoms with E-state index in [-0.39, 0.29) is 0 Å². The average Bonchev–Trinajstić information content (AvgIpc) is 2.29. The van der Waals surface area contributed by atoms with Gasteiger partial charge in [-0.15, -0.1) is 0 Å². The summed E-state index contributed by atoms with van der Waals surface area (Å²) in [4.78, 5) is 0. The average molecular weight is 385 g/mol. The normalized spacial score (nSPS) is 26.1. The van der Waals surface area contributed by atoms with Crippen molar-refractivity contribution in [3.05, 3.63) is 0 Å². The molecule has 1 atom stereocenters. The number of rotatable bonds is 1. The summed E-state index contributed by atoms with van der Waals surface area (Å²) < 4.78 is 61.3. The van der Waals surface area contributed by atoms with E-state index in [9.17, 15) is 25.2 Å². The molecule has 0 radical (unpaired) electrons. The first-order valence-corrected chi connectivity index (χ1v) is 7.92. The van der Waals surface area contributed by atoms with Crippen molar-refractivity contribution in [3.8, 4) is 0 Å². The molecular formula is C7H15F6INP. The molecule has 0 aromatic rings. The molecule has 1 unspecified atom stereocenters. The van der Waals surface area contributed by atoms with Gasteiger partial charge in [-0.05, 0) is 29.5 Å². The standard InChI is InChI=1S/C7H15IN.F6P/c1-7(8)9(2)5-3-4-6-9;1-7(2,3,4,5)6/h7H,3-6H2,1-2H3;/q+1;-1. The van der Waals surface area contributed by atoms with Crippen LogP contribution < -0.4 is 0 Å². The molecule has 0 bridgehead atoms. The Kier molecular flexibility index (Phi) is 4.30. The second-order valence-electron chi connectivity index (χ2n) is 4.17. The molecule has 0 aromatic carbocycles. The van der Waals surface area contributed by atoms with Gasteiger partial charge in [0.1, 0.15) is 4.05 Å². The van der Waals surface area contributed by atoms with E-state index < -0.39 is 7.81 Å². The first kappa shape index (κ1) is 16.7. The Morgan fingerprint density at radius 3 is 1.38 bits per heavy atom. The molecule has 0 amide bonds. The minimum atomic E-state index is -10.7. The second-order valence-corrected chi connectivity index (χ2v) is 7.89. The molecule has 0 aromatic heterocycles. The molecule has 1 rings (SSSR count). The van der Waals surface area contributed by atoms with Crippen molar-refractivity contribution in [2.45, 2.75) is 23.8 Å². The van der Waals surface area contributed by atoms with E-state index in [0.717, 1.165) is 4.05 Å². The predicted octanol–water partition coefficient (Wildman–Crippen LogP) is 5.39. The van der Waals surface area contributed by atoms with Crippen molar-refractivity contribution in [1.82, 2.24) is 0 Å². The molecule has 1 aliphatic rings. The van der Waals surface area contributed by atoms with E-state index >= 15 is 0 Å². The zero-order chi connectivity index (χ0) is 13.3. The van der Waals surface area contributed by atoms with Gasteiger partial charge in [-0.2, -0.15) is 0 Å². The molecule has 0 spiro atoms. The van der Waals surface area contributed by atoms with Crippen LogP contribution in [0.4, 0.5) is 25.2 Å². The Balaban J connectivity index is 0.000000293. The molecule has 9 heteroatoms. The van der Waals surface area contributed by atoms with Crippen LogP contribution in [-0.2, 0) is 0 Å². The topological polar surface area (TPSA) is 0 Å². The van der Waals surface area contributed by atoms with E-state index in [0.29, 0.717) is 0 Å². The van der Waals surface area contributed by atoms with Crippen LogP contribution >= 0.6 is 30.4 Å². The number of alkyl halides is 1. The van der Waals surface area contributed by atoms with Crippen molar-refractivity contribution in [3.63, 3.8) is 0 Å². The van der Waals surface area contributed by atoms with Crippen molar-refractivity contribution >= 4 is 30.4 Å². The fourth-order valence-corrected chi connectivity index (χ4v) is 1.97. The van der Waals surface area contributed by atoms with E-state index in [1.807, 2.05) is 0 Å². The number of nitrogens with zero attached hydrogens (tertiary/aromatic N) is 1. The van der Waals surface area contributed by atoms with E-state index in [2.05, 4.69) is 36.6 Å². The Morgan fingerprint density at radius 2 is 1.25 bits per heavy atom. The molecule has 1 nitrogen and oxygen atoms in total. The fraction of sp³-hybridized carbons (Fsp3) is 1.00. The summed E-state index contributed by atoms with van der Waals surface area (Å²) in [5.74, 6) is 0. The summed E-state index contributed by atoms with van der Waals surface area (Å²) in [5.41, 5.74) is 0. The van der Waals surface area contributed by atoms with Crippen LogP contribution in [0.3, 0.4) is 0 Å². The molecule has 1 saturated heterocycles. The van der Waals surface area contributed by atoms with E-state index in [1.165, 1.54) is 30.4 Å². The number of halogens is 7. The van der Waals surface area contributed by atoms with Gasteiger partial charge in [0.15, 0.2) is 0 Å². The quantitative estimate of drug-likeness (QED) is 0.142. The van der Waals surface area contributed by atoms with Gasteiger partial charge in [0.2, 0.25) is 0 Å².